The molecule has 1 fully saturated rings. The van der Waals surface area contributed by atoms with Gasteiger partial charge in [0.05, 0.1) is 18.9 Å². The molecule has 5 nitrogen and oxygen atoms in total. The van der Waals surface area contributed by atoms with Crippen LogP contribution in [0.4, 0.5) is 14.9 Å². The number of hydrogen-bond donors (Lipinski definition) is 2. The summed E-state index contributed by atoms with van der Waals surface area (Å²) in [5.41, 5.74) is 0.443. The number of carbonyl (C=O) groups excluding carboxylic acids is 1. The van der Waals surface area contributed by atoms with Gasteiger partial charge >= 0.3 is 6.03 Å². The van der Waals surface area contributed by atoms with Crippen LogP contribution in [0, 0.1) is 5.82 Å². The number of amides is 2. The first kappa shape index (κ1) is 15.6. The highest BCUT2D eigenvalue weighted by Crippen LogP contribution is 2.29. The molecule has 6 heteroatoms. The van der Waals surface area contributed by atoms with Crippen molar-refractivity contribution in [3.63, 3.8) is 0 Å². The molecule has 1 aliphatic carbocycles. The van der Waals surface area contributed by atoms with Crippen molar-refractivity contribution in [2.45, 2.75) is 32.2 Å². The number of halogens is 1. The second-order valence-corrected chi connectivity index (χ2v) is 5.07. The molecule has 2 N–H and O–H groups in total. The normalized spacial score (nSPS) is 13.9. The zero-order chi connectivity index (χ0) is 15.2. The number of nitrogens with zero attached hydrogens (tertiary/aromatic N) is 1. The number of benzene rings is 1. The van der Waals surface area contributed by atoms with Crippen molar-refractivity contribution in [2.24, 2.45) is 0 Å². The Labute approximate surface area is 123 Å². The Morgan fingerprint density at radius 3 is 2.90 bits per heavy atom. The van der Waals surface area contributed by atoms with Gasteiger partial charge in [0, 0.05) is 18.7 Å². The molecule has 0 saturated heterocycles. The molecule has 0 unspecified atom stereocenters. The van der Waals surface area contributed by atoms with Crippen molar-refractivity contribution < 1.29 is 19.0 Å². The molecule has 1 saturated carbocycles. The molecular formula is C15H21FN2O3. The van der Waals surface area contributed by atoms with Crippen LogP contribution >= 0.6 is 0 Å². The molecular weight excluding hydrogens is 275 g/mol. The maximum absolute atomic E-state index is 13.3. The van der Waals surface area contributed by atoms with E-state index >= 15 is 0 Å². The number of rotatable bonds is 7. The van der Waals surface area contributed by atoms with E-state index in [1.807, 2.05) is 6.92 Å². The van der Waals surface area contributed by atoms with Gasteiger partial charge in [0.2, 0.25) is 0 Å². The van der Waals surface area contributed by atoms with E-state index in [1.165, 1.54) is 18.2 Å². The van der Waals surface area contributed by atoms with Crippen molar-refractivity contribution in [1.82, 2.24) is 4.90 Å². The standard InChI is InChI=1S/C15H21FN2O3/c1-2-9-21-14-10-11(16)3-6-13(14)17-15(20)18(7-8-19)12-4-5-12/h3,6,10,12,19H,2,4-5,7-9H2,1H3,(H,17,20). The van der Waals surface area contributed by atoms with Crippen LogP contribution in [0.3, 0.4) is 0 Å². The maximum atomic E-state index is 13.3. The number of aliphatic hydroxyl groups excluding tert-OH is 1. The van der Waals surface area contributed by atoms with E-state index in [-0.39, 0.29) is 18.7 Å². The minimum absolute atomic E-state index is 0.0769. The van der Waals surface area contributed by atoms with Gasteiger partial charge < -0.3 is 20.1 Å². The lowest BCUT2D eigenvalue weighted by molar-refractivity contribution is 0.185. The molecule has 2 amide bonds. The van der Waals surface area contributed by atoms with Crippen LogP contribution in [-0.2, 0) is 0 Å². The third-order valence-corrected chi connectivity index (χ3v) is 3.24. The Morgan fingerprint density at radius 2 is 2.29 bits per heavy atom. The highest BCUT2D eigenvalue weighted by molar-refractivity contribution is 5.91. The third kappa shape index (κ3) is 4.32. The van der Waals surface area contributed by atoms with E-state index in [0.29, 0.717) is 24.6 Å². The molecule has 0 heterocycles. The first-order valence-corrected chi connectivity index (χ1v) is 7.26. The van der Waals surface area contributed by atoms with Crippen LogP contribution in [0.5, 0.6) is 5.75 Å². The third-order valence-electron chi connectivity index (χ3n) is 3.24. The van der Waals surface area contributed by atoms with E-state index in [9.17, 15) is 9.18 Å². The fourth-order valence-electron chi connectivity index (χ4n) is 2.06. The van der Waals surface area contributed by atoms with Gasteiger partial charge in [-0.3, -0.25) is 0 Å². The van der Waals surface area contributed by atoms with Gasteiger partial charge in [0.15, 0.2) is 0 Å². The average molecular weight is 296 g/mol. The lowest BCUT2D eigenvalue weighted by Gasteiger charge is -2.22. The number of hydrogen-bond acceptors (Lipinski definition) is 3. The molecule has 2 rings (SSSR count). The van der Waals surface area contributed by atoms with E-state index in [1.54, 1.807) is 4.90 Å². The molecule has 0 radical (unpaired) electrons. The van der Waals surface area contributed by atoms with Crippen molar-refractivity contribution >= 4 is 11.7 Å². The van der Waals surface area contributed by atoms with E-state index in [2.05, 4.69) is 5.32 Å². The fourth-order valence-corrected chi connectivity index (χ4v) is 2.06. The highest BCUT2D eigenvalue weighted by Gasteiger charge is 2.32. The van der Waals surface area contributed by atoms with Gasteiger partial charge in [-0.2, -0.15) is 0 Å². The molecule has 0 spiro atoms. The average Bonchev–Trinajstić information content (AvgIpc) is 3.29. The Morgan fingerprint density at radius 1 is 1.52 bits per heavy atom. The second-order valence-electron chi connectivity index (χ2n) is 5.07. The summed E-state index contributed by atoms with van der Waals surface area (Å²) in [6.07, 6.45) is 2.70. The first-order valence-electron chi connectivity index (χ1n) is 7.26. The minimum Gasteiger partial charge on any atom is -0.491 e. The molecule has 1 aromatic carbocycles. The van der Waals surface area contributed by atoms with Gasteiger partial charge in [0.25, 0.3) is 0 Å². The Bertz CT molecular complexity index is 492. The quantitative estimate of drug-likeness (QED) is 0.813. The summed E-state index contributed by atoms with van der Waals surface area (Å²) < 4.78 is 18.8. The van der Waals surface area contributed by atoms with E-state index in [0.717, 1.165) is 19.3 Å². The summed E-state index contributed by atoms with van der Waals surface area (Å²) in [5, 5.41) is 11.8. The molecule has 0 aliphatic heterocycles. The highest BCUT2D eigenvalue weighted by atomic mass is 19.1. The van der Waals surface area contributed by atoms with Crippen LogP contribution in [0.2, 0.25) is 0 Å². The van der Waals surface area contributed by atoms with Crippen molar-refractivity contribution in [3.8, 4) is 5.75 Å². The van der Waals surface area contributed by atoms with Gasteiger partial charge in [-0.25, -0.2) is 9.18 Å². The molecule has 21 heavy (non-hydrogen) atoms. The monoisotopic (exact) mass is 296 g/mol. The number of urea groups is 1. The molecule has 1 aromatic rings. The molecule has 0 aromatic heterocycles. The molecule has 1 aliphatic rings. The summed E-state index contributed by atoms with van der Waals surface area (Å²) in [5.74, 6) is -0.0848. The smallest absolute Gasteiger partial charge is 0.322 e. The number of carbonyl (C=O) groups is 1. The van der Waals surface area contributed by atoms with E-state index in [4.69, 9.17) is 9.84 Å². The minimum atomic E-state index is -0.409. The predicted molar refractivity (Wildman–Crippen MR) is 78.0 cm³/mol. The SMILES string of the molecule is CCCOc1cc(F)ccc1NC(=O)N(CCO)C1CC1. The summed E-state index contributed by atoms with van der Waals surface area (Å²) >= 11 is 0. The zero-order valence-corrected chi connectivity index (χ0v) is 12.1. The van der Waals surface area contributed by atoms with Crippen LogP contribution in [0.15, 0.2) is 18.2 Å². The predicted octanol–water partition coefficient (Wildman–Crippen LogP) is 2.60. The molecule has 0 atom stereocenters. The molecule has 0 bridgehead atoms. The van der Waals surface area contributed by atoms with Crippen molar-refractivity contribution in [3.05, 3.63) is 24.0 Å². The van der Waals surface area contributed by atoms with Gasteiger partial charge in [-0.1, -0.05) is 6.92 Å². The van der Waals surface area contributed by atoms with Gasteiger partial charge in [0.1, 0.15) is 11.6 Å². The van der Waals surface area contributed by atoms with Crippen molar-refractivity contribution in [2.75, 3.05) is 25.1 Å². The maximum Gasteiger partial charge on any atom is 0.322 e. The summed E-state index contributed by atoms with van der Waals surface area (Å²) in [6, 6.07) is 3.93. The Hall–Kier alpha value is -1.82. The number of ether oxygens (including phenoxy) is 1. The van der Waals surface area contributed by atoms with Crippen LogP contribution in [0.1, 0.15) is 26.2 Å². The van der Waals surface area contributed by atoms with Gasteiger partial charge in [-0.05, 0) is 31.4 Å². The first-order chi connectivity index (χ1) is 10.2. The largest absolute Gasteiger partial charge is 0.491 e. The van der Waals surface area contributed by atoms with Gasteiger partial charge in [-0.15, -0.1) is 0 Å². The Kier molecular flexibility index (Phi) is 5.38. The lowest BCUT2D eigenvalue weighted by atomic mass is 10.3. The summed E-state index contributed by atoms with van der Waals surface area (Å²) in [4.78, 5) is 13.9. The van der Waals surface area contributed by atoms with Crippen LogP contribution in [0.25, 0.3) is 0 Å². The number of nitrogens with one attached hydrogen (secondary N) is 1. The number of anilines is 1. The van der Waals surface area contributed by atoms with Crippen LogP contribution < -0.4 is 10.1 Å². The fraction of sp³-hybridized carbons (Fsp3) is 0.533. The lowest BCUT2D eigenvalue weighted by Crippen LogP contribution is -2.38. The molecule has 116 valence electrons. The van der Waals surface area contributed by atoms with E-state index < -0.39 is 5.82 Å². The Balaban J connectivity index is 2.08. The zero-order valence-electron chi connectivity index (χ0n) is 12.1. The van der Waals surface area contributed by atoms with Crippen molar-refractivity contribution in [1.29, 1.82) is 0 Å². The summed E-state index contributed by atoms with van der Waals surface area (Å²) in [7, 11) is 0. The summed E-state index contributed by atoms with van der Waals surface area (Å²) in [6.45, 7) is 2.62. The van der Waals surface area contributed by atoms with Crippen LogP contribution in [-0.4, -0.2) is 41.8 Å². The second kappa shape index (κ2) is 7.26. The topological polar surface area (TPSA) is 61.8 Å². The number of aliphatic hydroxyl groups is 1.